The normalized spacial score (nSPS) is 8.60. The molecule has 0 bridgehead atoms. The van der Waals surface area contributed by atoms with E-state index in [9.17, 15) is 0 Å². The number of imidazole rings is 1. The van der Waals surface area contributed by atoms with E-state index < -0.39 is 0 Å². The summed E-state index contributed by atoms with van der Waals surface area (Å²) in [7, 11) is 0. The number of aromatic amines is 1. The average molecular weight is 208 g/mol. The van der Waals surface area contributed by atoms with E-state index >= 15 is 0 Å². The number of aryl methyl sites for hydroxylation is 1. The smallest absolute Gasteiger partial charge is 0.0925 e. The number of rotatable bonds is 3. The monoisotopic (exact) mass is 208 g/mol. The largest absolute Gasteiger partial charge is 0.348 e. The Morgan fingerprint density at radius 1 is 1.33 bits per heavy atom. The van der Waals surface area contributed by atoms with Crippen molar-refractivity contribution >= 4 is 0 Å². The lowest BCUT2D eigenvalue weighted by Crippen LogP contribution is -1.83. The van der Waals surface area contributed by atoms with Crippen molar-refractivity contribution in [1.82, 2.24) is 9.97 Å². The summed E-state index contributed by atoms with van der Waals surface area (Å²) in [6.07, 6.45) is 8.32. The Hall–Kier alpha value is -1.31. The van der Waals surface area contributed by atoms with Crippen molar-refractivity contribution in [3.05, 3.63) is 42.5 Å². The summed E-state index contributed by atoms with van der Waals surface area (Å²) in [6, 6.07) is 0. The van der Waals surface area contributed by atoms with Crippen LogP contribution in [0.15, 0.2) is 31.1 Å². The lowest BCUT2D eigenvalue weighted by molar-refractivity contribution is 1.12. The fourth-order valence-corrected chi connectivity index (χ4v) is 0.869. The first-order chi connectivity index (χ1) is 7.34. The molecule has 0 amide bonds. The van der Waals surface area contributed by atoms with Gasteiger partial charge >= 0.3 is 0 Å². The SMILES string of the molecule is C=C/C=C\Cc1nc[nH]c1C.CC.CC. The molecule has 0 aliphatic carbocycles. The zero-order valence-electron chi connectivity index (χ0n) is 10.7. The minimum atomic E-state index is 0.876. The number of hydrogen-bond donors (Lipinski definition) is 1. The summed E-state index contributed by atoms with van der Waals surface area (Å²) < 4.78 is 0. The molecule has 0 unspecified atom stereocenters. The van der Waals surface area contributed by atoms with Gasteiger partial charge in [0.1, 0.15) is 0 Å². The number of H-pyrrole nitrogens is 1. The third-order valence-electron chi connectivity index (χ3n) is 1.52. The van der Waals surface area contributed by atoms with Crippen LogP contribution in [0.1, 0.15) is 39.1 Å². The Kier molecular flexibility index (Phi) is 13.6. The molecule has 1 rings (SSSR count). The minimum absolute atomic E-state index is 0.876. The molecule has 0 aliphatic rings. The Bertz CT molecular complexity index is 259. The lowest BCUT2D eigenvalue weighted by Gasteiger charge is -1.89. The molecular weight excluding hydrogens is 184 g/mol. The lowest BCUT2D eigenvalue weighted by atomic mass is 10.2. The second kappa shape index (κ2) is 12.7. The third-order valence-corrected chi connectivity index (χ3v) is 1.52. The van der Waals surface area contributed by atoms with Gasteiger partial charge in [0.15, 0.2) is 0 Å². The molecule has 0 saturated carbocycles. The molecule has 15 heavy (non-hydrogen) atoms. The molecule has 2 nitrogen and oxygen atoms in total. The Morgan fingerprint density at radius 3 is 2.33 bits per heavy atom. The molecule has 0 spiro atoms. The van der Waals surface area contributed by atoms with Gasteiger partial charge in [0.2, 0.25) is 0 Å². The second-order valence-corrected chi connectivity index (χ2v) is 2.34. The summed E-state index contributed by atoms with van der Waals surface area (Å²) in [5.41, 5.74) is 2.24. The summed E-state index contributed by atoms with van der Waals surface area (Å²) in [4.78, 5) is 7.17. The first kappa shape index (κ1) is 16.1. The van der Waals surface area contributed by atoms with E-state index in [1.54, 1.807) is 12.4 Å². The molecule has 2 heteroatoms. The van der Waals surface area contributed by atoms with Gasteiger partial charge < -0.3 is 4.98 Å². The van der Waals surface area contributed by atoms with E-state index in [1.165, 1.54) is 0 Å². The van der Waals surface area contributed by atoms with Crippen molar-refractivity contribution in [2.75, 3.05) is 0 Å². The standard InChI is InChI=1S/C9H12N2.2C2H6/c1-3-4-5-6-9-8(2)10-7-11-9;2*1-2/h3-5,7H,1,6H2,2H3,(H,10,11);2*1-2H3/b5-4-;;. The zero-order valence-corrected chi connectivity index (χ0v) is 10.7. The van der Waals surface area contributed by atoms with Crippen LogP contribution >= 0.6 is 0 Å². The van der Waals surface area contributed by atoms with Gasteiger partial charge in [-0.25, -0.2) is 4.98 Å². The minimum Gasteiger partial charge on any atom is -0.348 e. The van der Waals surface area contributed by atoms with Crippen LogP contribution < -0.4 is 0 Å². The van der Waals surface area contributed by atoms with Crippen LogP contribution in [-0.4, -0.2) is 9.97 Å². The first-order valence-corrected chi connectivity index (χ1v) is 5.61. The molecule has 86 valence electrons. The van der Waals surface area contributed by atoms with E-state index in [2.05, 4.69) is 16.5 Å². The molecule has 1 N–H and O–H groups in total. The highest BCUT2D eigenvalue weighted by atomic mass is 14.9. The van der Waals surface area contributed by atoms with E-state index in [-0.39, 0.29) is 0 Å². The second-order valence-electron chi connectivity index (χ2n) is 2.34. The number of aromatic nitrogens is 2. The van der Waals surface area contributed by atoms with Crippen molar-refractivity contribution in [3.8, 4) is 0 Å². The van der Waals surface area contributed by atoms with Gasteiger partial charge in [-0.05, 0) is 6.92 Å². The van der Waals surface area contributed by atoms with Crippen LogP contribution in [0.5, 0.6) is 0 Å². The maximum atomic E-state index is 4.15. The van der Waals surface area contributed by atoms with Crippen molar-refractivity contribution in [2.24, 2.45) is 0 Å². The van der Waals surface area contributed by atoms with Crippen LogP contribution in [0, 0.1) is 6.92 Å². The number of allylic oxidation sites excluding steroid dienone is 3. The molecule has 0 fully saturated rings. The number of nitrogens with one attached hydrogen (secondary N) is 1. The number of hydrogen-bond acceptors (Lipinski definition) is 1. The van der Waals surface area contributed by atoms with Gasteiger partial charge in [0.05, 0.1) is 12.0 Å². The van der Waals surface area contributed by atoms with Crippen LogP contribution in [-0.2, 0) is 6.42 Å². The molecule has 0 saturated heterocycles. The quantitative estimate of drug-likeness (QED) is 0.746. The predicted molar refractivity (Wildman–Crippen MR) is 69.1 cm³/mol. The molecule has 0 aromatic carbocycles. The van der Waals surface area contributed by atoms with Crippen molar-refractivity contribution in [2.45, 2.75) is 41.0 Å². The van der Waals surface area contributed by atoms with E-state index in [1.807, 2.05) is 46.8 Å². The van der Waals surface area contributed by atoms with Crippen molar-refractivity contribution in [1.29, 1.82) is 0 Å². The highest BCUT2D eigenvalue weighted by molar-refractivity contribution is 5.13. The molecule has 0 aliphatic heterocycles. The summed E-state index contributed by atoms with van der Waals surface area (Å²) in [6.45, 7) is 13.6. The molecule has 1 aromatic rings. The van der Waals surface area contributed by atoms with Crippen molar-refractivity contribution in [3.63, 3.8) is 0 Å². The zero-order chi connectivity index (χ0) is 12.1. The van der Waals surface area contributed by atoms with Gasteiger partial charge in [0, 0.05) is 12.1 Å². The van der Waals surface area contributed by atoms with E-state index in [0.717, 1.165) is 17.8 Å². The summed E-state index contributed by atoms with van der Waals surface area (Å²) in [5.74, 6) is 0. The Labute approximate surface area is 94.1 Å². The van der Waals surface area contributed by atoms with Gasteiger partial charge in [-0.1, -0.05) is 52.5 Å². The first-order valence-electron chi connectivity index (χ1n) is 5.61. The topological polar surface area (TPSA) is 28.7 Å². The van der Waals surface area contributed by atoms with Crippen LogP contribution in [0.25, 0.3) is 0 Å². The van der Waals surface area contributed by atoms with Crippen LogP contribution in [0.4, 0.5) is 0 Å². The highest BCUT2D eigenvalue weighted by Gasteiger charge is 1.95. The molecule has 1 aromatic heterocycles. The molecule has 0 atom stereocenters. The summed E-state index contributed by atoms with van der Waals surface area (Å²) in [5, 5.41) is 0. The van der Waals surface area contributed by atoms with Gasteiger partial charge in [-0.2, -0.15) is 0 Å². The van der Waals surface area contributed by atoms with Gasteiger partial charge in [-0.15, -0.1) is 0 Å². The van der Waals surface area contributed by atoms with Gasteiger partial charge in [0.25, 0.3) is 0 Å². The maximum absolute atomic E-state index is 4.15. The third kappa shape index (κ3) is 7.74. The highest BCUT2D eigenvalue weighted by Crippen LogP contribution is 2.01. The fourth-order valence-electron chi connectivity index (χ4n) is 0.869. The maximum Gasteiger partial charge on any atom is 0.0925 e. The van der Waals surface area contributed by atoms with E-state index in [4.69, 9.17) is 0 Å². The van der Waals surface area contributed by atoms with Gasteiger partial charge in [-0.3, -0.25) is 0 Å². The molecular formula is C13H24N2. The average Bonchev–Trinajstić information content (AvgIpc) is 2.71. The number of nitrogens with zero attached hydrogens (tertiary/aromatic N) is 1. The Balaban J connectivity index is 0. The van der Waals surface area contributed by atoms with Crippen LogP contribution in [0.3, 0.4) is 0 Å². The predicted octanol–water partition coefficient (Wildman–Crippen LogP) is 4.06. The molecule has 1 heterocycles. The fraction of sp³-hybridized carbons (Fsp3) is 0.462. The van der Waals surface area contributed by atoms with E-state index in [0.29, 0.717) is 0 Å². The Morgan fingerprint density at radius 2 is 1.93 bits per heavy atom. The van der Waals surface area contributed by atoms with Crippen LogP contribution in [0.2, 0.25) is 0 Å². The summed E-state index contributed by atoms with van der Waals surface area (Å²) >= 11 is 0. The molecule has 0 radical (unpaired) electrons. The van der Waals surface area contributed by atoms with Crippen molar-refractivity contribution < 1.29 is 0 Å².